The Hall–Kier alpha value is -0.990. The molecule has 1 heterocycles. The van der Waals surface area contributed by atoms with Gasteiger partial charge < -0.3 is 10.3 Å². The van der Waals surface area contributed by atoms with E-state index in [4.69, 9.17) is 0 Å². The van der Waals surface area contributed by atoms with E-state index in [1.807, 2.05) is 13.1 Å². The molecule has 1 aliphatic rings. The summed E-state index contributed by atoms with van der Waals surface area (Å²) >= 11 is 0. The molecule has 3 nitrogen and oxygen atoms in total. The first kappa shape index (κ1) is 10.5. The fourth-order valence-electron chi connectivity index (χ4n) is 2.74. The van der Waals surface area contributed by atoms with E-state index in [9.17, 15) is 0 Å². The van der Waals surface area contributed by atoms with Crippen LogP contribution in [0.3, 0.4) is 0 Å². The standard InChI is InChI=1S/C12H21N3/c1-8-4-9(2)6-11(5-8)15-12-13-7-10(3)14-12/h7-9,11H,4-6H2,1-3H3,(H2,13,14,15). The molecule has 1 aliphatic carbocycles. The molecular weight excluding hydrogens is 186 g/mol. The van der Waals surface area contributed by atoms with Gasteiger partial charge in [0.1, 0.15) is 0 Å². The van der Waals surface area contributed by atoms with E-state index in [-0.39, 0.29) is 0 Å². The molecule has 1 saturated carbocycles. The van der Waals surface area contributed by atoms with Crippen LogP contribution in [0, 0.1) is 18.8 Å². The molecule has 3 heteroatoms. The Morgan fingerprint density at radius 2 is 1.93 bits per heavy atom. The van der Waals surface area contributed by atoms with E-state index in [1.54, 1.807) is 0 Å². The number of imidazole rings is 1. The SMILES string of the molecule is Cc1cnc(NC2CC(C)CC(C)C2)[nH]1. The van der Waals surface area contributed by atoms with E-state index in [0.29, 0.717) is 6.04 Å². The first-order chi connectivity index (χ1) is 7.13. The van der Waals surface area contributed by atoms with Crippen LogP contribution in [0.1, 0.15) is 38.8 Å². The molecule has 2 atom stereocenters. The molecule has 0 aliphatic heterocycles. The van der Waals surface area contributed by atoms with Crippen molar-refractivity contribution in [1.29, 1.82) is 0 Å². The summed E-state index contributed by atoms with van der Waals surface area (Å²) in [6, 6.07) is 0.592. The normalized spacial score (nSPS) is 31.5. The van der Waals surface area contributed by atoms with Crippen LogP contribution < -0.4 is 5.32 Å². The van der Waals surface area contributed by atoms with Crippen LogP contribution in [0.15, 0.2) is 6.20 Å². The third kappa shape index (κ3) is 2.74. The predicted octanol–water partition coefficient (Wildman–Crippen LogP) is 2.95. The van der Waals surface area contributed by atoms with Gasteiger partial charge in [0.25, 0.3) is 0 Å². The quantitative estimate of drug-likeness (QED) is 0.782. The minimum absolute atomic E-state index is 0.592. The highest BCUT2D eigenvalue weighted by atomic mass is 15.1. The van der Waals surface area contributed by atoms with Crippen LogP contribution in [-0.4, -0.2) is 16.0 Å². The third-order valence-corrected chi connectivity index (χ3v) is 3.22. The topological polar surface area (TPSA) is 40.7 Å². The first-order valence-corrected chi connectivity index (χ1v) is 5.91. The molecule has 0 aromatic carbocycles. The van der Waals surface area contributed by atoms with Gasteiger partial charge in [-0.1, -0.05) is 13.8 Å². The molecule has 0 spiro atoms. The van der Waals surface area contributed by atoms with Gasteiger partial charge in [-0.15, -0.1) is 0 Å². The van der Waals surface area contributed by atoms with Crippen LogP contribution in [0.5, 0.6) is 0 Å². The van der Waals surface area contributed by atoms with E-state index < -0.39 is 0 Å². The monoisotopic (exact) mass is 207 g/mol. The van der Waals surface area contributed by atoms with Gasteiger partial charge in [-0.3, -0.25) is 0 Å². The highest BCUT2D eigenvalue weighted by Crippen LogP contribution is 2.29. The molecule has 84 valence electrons. The Morgan fingerprint density at radius 1 is 1.27 bits per heavy atom. The molecule has 0 radical (unpaired) electrons. The summed E-state index contributed by atoms with van der Waals surface area (Å²) in [4.78, 5) is 7.52. The summed E-state index contributed by atoms with van der Waals surface area (Å²) in [5, 5.41) is 3.50. The number of aryl methyl sites for hydroxylation is 1. The zero-order chi connectivity index (χ0) is 10.8. The minimum atomic E-state index is 0.592. The Labute approximate surface area is 91.7 Å². The summed E-state index contributed by atoms with van der Waals surface area (Å²) in [5.74, 6) is 2.60. The second kappa shape index (κ2) is 4.25. The molecular formula is C12H21N3. The number of H-pyrrole nitrogens is 1. The number of nitrogens with zero attached hydrogens (tertiary/aromatic N) is 1. The number of hydrogen-bond acceptors (Lipinski definition) is 2. The van der Waals surface area contributed by atoms with E-state index >= 15 is 0 Å². The smallest absolute Gasteiger partial charge is 0.200 e. The number of hydrogen-bond donors (Lipinski definition) is 2. The van der Waals surface area contributed by atoms with Crippen LogP contribution >= 0.6 is 0 Å². The van der Waals surface area contributed by atoms with Crippen molar-refractivity contribution >= 4 is 5.95 Å². The summed E-state index contributed by atoms with van der Waals surface area (Å²) in [6.45, 7) is 6.72. The van der Waals surface area contributed by atoms with Crippen molar-refractivity contribution in [2.45, 2.75) is 46.1 Å². The maximum atomic E-state index is 4.29. The summed E-state index contributed by atoms with van der Waals surface area (Å²) in [7, 11) is 0. The molecule has 0 bridgehead atoms. The Bertz CT molecular complexity index is 308. The zero-order valence-corrected chi connectivity index (χ0v) is 9.88. The van der Waals surface area contributed by atoms with Crippen LogP contribution in [0.2, 0.25) is 0 Å². The molecule has 1 aromatic heterocycles. The molecule has 0 saturated heterocycles. The van der Waals surface area contributed by atoms with Crippen molar-refractivity contribution in [3.8, 4) is 0 Å². The van der Waals surface area contributed by atoms with Gasteiger partial charge in [0.05, 0.1) is 0 Å². The van der Waals surface area contributed by atoms with E-state index in [2.05, 4.69) is 29.1 Å². The summed E-state index contributed by atoms with van der Waals surface area (Å²) < 4.78 is 0. The Balaban J connectivity index is 1.94. The molecule has 0 amide bonds. The minimum Gasteiger partial charge on any atom is -0.353 e. The summed E-state index contributed by atoms with van der Waals surface area (Å²) in [5.41, 5.74) is 1.12. The van der Waals surface area contributed by atoms with Gasteiger partial charge in [-0.2, -0.15) is 0 Å². The number of anilines is 1. The molecule has 2 N–H and O–H groups in total. The van der Waals surface area contributed by atoms with Gasteiger partial charge >= 0.3 is 0 Å². The highest BCUT2D eigenvalue weighted by Gasteiger charge is 2.24. The summed E-state index contributed by atoms with van der Waals surface area (Å²) in [6.07, 6.45) is 5.78. The highest BCUT2D eigenvalue weighted by molar-refractivity contribution is 5.27. The lowest BCUT2D eigenvalue weighted by molar-refractivity contribution is 0.280. The van der Waals surface area contributed by atoms with Crippen molar-refractivity contribution in [3.63, 3.8) is 0 Å². The van der Waals surface area contributed by atoms with Crippen LogP contribution in [0.4, 0.5) is 5.95 Å². The second-order valence-electron chi connectivity index (χ2n) is 5.17. The lowest BCUT2D eigenvalue weighted by atomic mass is 9.80. The van der Waals surface area contributed by atoms with Crippen molar-refractivity contribution in [2.75, 3.05) is 5.32 Å². The number of aromatic nitrogens is 2. The number of rotatable bonds is 2. The maximum Gasteiger partial charge on any atom is 0.200 e. The number of nitrogens with one attached hydrogen (secondary N) is 2. The fourth-order valence-corrected chi connectivity index (χ4v) is 2.74. The van der Waals surface area contributed by atoms with Crippen LogP contribution in [0.25, 0.3) is 0 Å². The van der Waals surface area contributed by atoms with Gasteiger partial charge in [0, 0.05) is 17.9 Å². The predicted molar refractivity (Wildman–Crippen MR) is 62.9 cm³/mol. The molecule has 1 fully saturated rings. The Kier molecular flexibility index (Phi) is 2.98. The lowest BCUT2D eigenvalue weighted by Gasteiger charge is -2.31. The van der Waals surface area contributed by atoms with Crippen molar-refractivity contribution in [1.82, 2.24) is 9.97 Å². The fraction of sp³-hybridized carbons (Fsp3) is 0.750. The molecule has 2 rings (SSSR count). The number of aromatic amines is 1. The Morgan fingerprint density at radius 3 is 2.47 bits per heavy atom. The third-order valence-electron chi connectivity index (χ3n) is 3.22. The first-order valence-electron chi connectivity index (χ1n) is 5.91. The van der Waals surface area contributed by atoms with Crippen LogP contribution in [-0.2, 0) is 0 Å². The van der Waals surface area contributed by atoms with Crippen molar-refractivity contribution in [3.05, 3.63) is 11.9 Å². The zero-order valence-electron chi connectivity index (χ0n) is 9.88. The van der Waals surface area contributed by atoms with E-state index in [1.165, 1.54) is 19.3 Å². The molecule has 2 unspecified atom stereocenters. The van der Waals surface area contributed by atoms with Gasteiger partial charge in [-0.05, 0) is 38.0 Å². The lowest BCUT2D eigenvalue weighted by Crippen LogP contribution is -2.30. The molecule has 15 heavy (non-hydrogen) atoms. The van der Waals surface area contributed by atoms with Crippen molar-refractivity contribution < 1.29 is 0 Å². The van der Waals surface area contributed by atoms with Gasteiger partial charge in [0.2, 0.25) is 5.95 Å². The second-order valence-corrected chi connectivity index (χ2v) is 5.17. The molecule has 1 aromatic rings. The average molecular weight is 207 g/mol. The maximum absolute atomic E-state index is 4.29. The average Bonchev–Trinajstić information content (AvgIpc) is 2.49. The largest absolute Gasteiger partial charge is 0.353 e. The van der Waals surface area contributed by atoms with Gasteiger partial charge in [-0.25, -0.2) is 4.98 Å². The van der Waals surface area contributed by atoms with Gasteiger partial charge in [0.15, 0.2) is 0 Å². The van der Waals surface area contributed by atoms with Crippen molar-refractivity contribution in [2.24, 2.45) is 11.8 Å². The van der Waals surface area contributed by atoms with E-state index in [0.717, 1.165) is 23.5 Å².